The molecule has 0 radical (unpaired) electrons. The van der Waals surface area contributed by atoms with Crippen molar-refractivity contribution in [2.24, 2.45) is 10.9 Å². The Morgan fingerprint density at radius 2 is 2.05 bits per heavy atom. The lowest BCUT2D eigenvalue weighted by atomic mass is 10.2. The Labute approximate surface area is 123 Å². The van der Waals surface area contributed by atoms with E-state index in [-0.39, 0.29) is 5.84 Å². The number of rotatable bonds is 5. The van der Waals surface area contributed by atoms with Gasteiger partial charge < -0.3 is 20.6 Å². The lowest BCUT2D eigenvalue weighted by molar-refractivity contribution is 0.318. The zero-order valence-corrected chi connectivity index (χ0v) is 12.0. The van der Waals surface area contributed by atoms with Crippen LogP contribution >= 0.6 is 0 Å². The topological polar surface area (TPSA) is 84.0 Å². The van der Waals surface area contributed by atoms with Crippen LogP contribution in [0.25, 0.3) is 0 Å². The van der Waals surface area contributed by atoms with Crippen LogP contribution in [-0.2, 0) is 6.54 Å². The number of benzene rings is 1. The van der Waals surface area contributed by atoms with Gasteiger partial charge in [0.1, 0.15) is 11.6 Å². The summed E-state index contributed by atoms with van der Waals surface area (Å²) in [5.74, 6) is 1.64. The largest absolute Gasteiger partial charge is 0.497 e. The summed E-state index contributed by atoms with van der Waals surface area (Å²) in [5, 5.41) is 11.7. The molecule has 2 rings (SSSR count). The van der Waals surface area contributed by atoms with Crippen molar-refractivity contribution in [2.75, 3.05) is 19.1 Å². The molecule has 1 aromatic heterocycles. The van der Waals surface area contributed by atoms with Crippen LogP contribution in [-0.4, -0.2) is 30.2 Å². The third kappa shape index (κ3) is 3.62. The Morgan fingerprint density at radius 1 is 1.33 bits per heavy atom. The van der Waals surface area contributed by atoms with Gasteiger partial charge in [0.05, 0.1) is 7.11 Å². The van der Waals surface area contributed by atoms with Crippen molar-refractivity contribution >= 4 is 11.7 Å². The minimum Gasteiger partial charge on any atom is -0.497 e. The number of aromatic nitrogens is 1. The molecule has 0 saturated carbocycles. The first-order valence-electron chi connectivity index (χ1n) is 6.42. The molecule has 3 N–H and O–H groups in total. The van der Waals surface area contributed by atoms with Crippen molar-refractivity contribution in [1.29, 1.82) is 0 Å². The van der Waals surface area contributed by atoms with Gasteiger partial charge in [-0.05, 0) is 29.8 Å². The summed E-state index contributed by atoms with van der Waals surface area (Å²) in [5.41, 5.74) is 7.35. The predicted octanol–water partition coefficient (Wildman–Crippen LogP) is 1.82. The van der Waals surface area contributed by atoms with Gasteiger partial charge in [0.25, 0.3) is 0 Å². The van der Waals surface area contributed by atoms with E-state index >= 15 is 0 Å². The summed E-state index contributed by atoms with van der Waals surface area (Å²) in [6, 6.07) is 11.3. The molecule has 0 aliphatic rings. The summed E-state index contributed by atoms with van der Waals surface area (Å²) in [7, 11) is 3.58. The summed E-state index contributed by atoms with van der Waals surface area (Å²) < 4.78 is 5.14. The van der Waals surface area contributed by atoms with Gasteiger partial charge in [-0.1, -0.05) is 17.3 Å². The number of amidine groups is 1. The van der Waals surface area contributed by atoms with E-state index in [4.69, 9.17) is 15.7 Å². The molecular weight excluding hydrogens is 268 g/mol. The van der Waals surface area contributed by atoms with Crippen LogP contribution in [0.1, 0.15) is 11.1 Å². The fourth-order valence-electron chi connectivity index (χ4n) is 1.93. The summed E-state index contributed by atoms with van der Waals surface area (Å²) in [6.07, 6.45) is 1.63. The third-order valence-corrected chi connectivity index (χ3v) is 3.12. The lowest BCUT2D eigenvalue weighted by Crippen LogP contribution is -2.19. The van der Waals surface area contributed by atoms with Crippen molar-refractivity contribution in [3.63, 3.8) is 0 Å². The number of hydrogen-bond acceptors (Lipinski definition) is 5. The highest BCUT2D eigenvalue weighted by atomic mass is 16.5. The van der Waals surface area contributed by atoms with Gasteiger partial charge in [0.2, 0.25) is 0 Å². The van der Waals surface area contributed by atoms with E-state index in [2.05, 4.69) is 10.1 Å². The van der Waals surface area contributed by atoms with Gasteiger partial charge in [0.15, 0.2) is 5.84 Å². The highest BCUT2D eigenvalue weighted by Crippen LogP contribution is 2.16. The Balaban J connectivity index is 2.14. The van der Waals surface area contributed by atoms with Gasteiger partial charge in [-0.15, -0.1) is 0 Å². The monoisotopic (exact) mass is 286 g/mol. The van der Waals surface area contributed by atoms with Gasteiger partial charge >= 0.3 is 0 Å². The molecule has 6 heteroatoms. The second-order valence-electron chi connectivity index (χ2n) is 4.59. The van der Waals surface area contributed by atoms with Crippen LogP contribution in [0.2, 0.25) is 0 Å². The first-order valence-corrected chi connectivity index (χ1v) is 6.42. The van der Waals surface area contributed by atoms with E-state index in [9.17, 15) is 0 Å². The van der Waals surface area contributed by atoms with E-state index < -0.39 is 0 Å². The first kappa shape index (κ1) is 14.6. The molecule has 0 fully saturated rings. The molecule has 0 aliphatic heterocycles. The standard InChI is InChI=1S/C15H18N4O2/c1-19(10-11-3-5-13(21-2)6-4-11)14-9-12(7-8-17-14)15(16)18-20/h3-9,20H,10H2,1-2H3,(H2,16,18). The van der Waals surface area contributed by atoms with E-state index in [1.165, 1.54) is 0 Å². The molecule has 0 unspecified atom stereocenters. The summed E-state index contributed by atoms with van der Waals surface area (Å²) in [4.78, 5) is 6.28. The molecular formula is C15H18N4O2. The SMILES string of the molecule is COc1ccc(CN(C)c2cc(C(N)=NO)ccn2)cc1. The maximum absolute atomic E-state index is 8.72. The Bertz CT molecular complexity index is 626. The molecule has 0 spiro atoms. The predicted molar refractivity (Wildman–Crippen MR) is 81.8 cm³/mol. The van der Waals surface area contributed by atoms with Crippen LogP contribution in [0.3, 0.4) is 0 Å². The number of methoxy groups -OCH3 is 1. The molecule has 1 heterocycles. The maximum atomic E-state index is 8.72. The highest BCUT2D eigenvalue weighted by Gasteiger charge is 2.07. The molecule has 110 valence electrons. The number of anilines is 1. The number of hydrogen-bond donors (Lipinski definition) is 2. The molecule has 1 aromatic carbocycles. The summed E-state index contributed by atoms with van der Waals surface area (Å²) in [6.45, 7) is 0.691. The van der Waals surface area contributed by atoms with E-state index in [0.29, 0.717) is 12.1 Å². The van der Waals surface area contributed by atoms with Gasteiger partial charge in [-0.3, -0.25) is 0 Å². The zero-order valence-electron chi connectivity index (χ0n) is 12.0. The fourth-order valence-corrected chi connectivity index (χ4v) is 1.93. The van der Waals surface area contributed by atoms with Crippen LogP contribution in [0.15, 0.2) is 47.8 Å². The Morgan fingerprint density at radius 3 is 2.67 bits per heavy atom. The second-order valence-corrected chi connectivity index (χ2v) is 4.59. The van der Waals surface area contributed by atoms with E-state index in [1.54, 1.807) is 25.4 Å². The molecule has 21 heavy (non-hydrogen) atoms. The third-order valence-electron chi connectivity index (χ3n) is 3.12. The van der Waals surface area contributed by atoms with Crippen molar-refractivity contribution in [1.82, 2.24) is 4.98 Å². The van der Waals surface area contributed by atoms with Gasteiger partial charge in [-0.25, -0.2) is 4.98 Å². The first-order chi connectivity index (χ1) is 10.1. The molecule has 2 aromatic rings. The van der Waals surface area contributed by atoms with Crippen LogP contribution in [0.4, 0.5) is 5.82 Å². The van der Waals surface area contributed by atoms with E-state index in [1.807, 2.05) is 36.2 Å². The fraction of sp³-hybridized carbons (Fsp3) is 0.200. The number of nitrogens with two attached hydrogens (primary N) is 1. The number of ether oxygens (including phenoxy) is 1. The minimum atomic E-state index is 0.0662. The average molecular weight is 286 g/mol. The number of oxime groups is 1. The van der Waals surface area contributed by atoms with Crippen molar-refractivity contribution < 1.29 is 9.94 Å². The van der Waals surface area contributed by atoms with Crippen LogP contribution in [0.5, 0.6) is 5.75 Å². The summed E-state index contributed by atoms with van der Waals surface area (Å²) >= 11 is 0. The molecule has 0 amide bonds. The quantitative estimate of drug-likeness (QED) is 0.379. The Hall–Kier alpha value is -2.76. The smallest absolute Gasteiger partial charge is 0.170 e. The minimum absolute atomic E-state index is 0.0662. The Kier molecular flexibility index (Phi) is 4.61. The average Bonchev–Trinajstić information content (AvgIpc) is 2.55. The normalized spacial score (nSPS) is 11.2. The molecule has 6 nitrogen and oxygen atoms in total. The van der Waals surface area contributed by atoms with Crippen LogP contribution in [0, 0.1) is 0 Å². The van der Waals surface area contributed by atoms with Crippen LogP contribution < -0.4 is 15.4 Å². The molecule has 0 saturated heterocycles. The molecule has 0 atom stereocenters. The zero-order chi connectivity index (χ0) is 15.2. The van der Waals surface area contributed by atoms with E-state index in [0.717, 1.165) is 17.1 Å². The number of pyridine rings is 1. The van der Waals surface area contributed by atoms with Gasteiger partial charge in [-0.2, -0.15) is 0 Å². The molecule has 0 aliphatic carbocycles. The van der Waals surface area contributed by atoms with Gasteiger partial charge in [0, 0.05) is 25.4 Å². The van der Waals surface area contributed by atoms with Crippen molar-refractivity contribution in [3.8, 4) is 5.75 Å². The lowest BCUT2D eigenvalue weighted by Gasteiger charge is -2.19. The van der Waals surface area contributed by atoms with Crippen molar-refractivity contribution in [2.45, 2.75) is 6.54 Å². The maximum Gasteiger partial charge on any atom is 0.170 e. The highest BCUT2D eigenvalue weighted by molar-refractivity contribution is 5.97. The van der Waals surface area contributed by atoms with Crippen molar-refractivity contribution in [3.05, 3.63) is 53.7 Å². The second kappa shape index (κ2) is 6.60. The number of nitrogens with zero attached hydrogens (tertiary/aromatic N) is 3. The molecule has 0 bridgehead atoms.